The van der Waals surface area contributed by atoms with Gasteiger partial charge in [0, 0.05) is 6.42 Å². The molecule has 0 amide bonds. The van der Waals surface area contributed by atoms with Crippen molar-refractivity contribution in [3.8, 4) is 6.07 Å². The van der Waals surface area contributed by atoms with Crippen molar-refractivity contribution in [1.82, 2.24) is 0 Å². The Labute approximate surface area is 146 Å². The monoisotopic (exact) mass is 325 g/mol. The SMILES string of the molecule is CC1(C)CC2=CC(=O)CC[C@]2(C)C2CC[C@@]3(C)C(CC[C@@H]3C#N)C21. The fraction of sp³-hybridized carbons (Fsp3) is 0.818. The van der Waals surface area contributed by atoms with Crippen molar-refractivity contribution in [1.29, 1.82) is 5.26 Å². The summed E-state index contributed by atoms with van der Waals surface area (Å²) in [7, 11) is 0. The van der Waals surface area contributed by atoms with Gasteiger partial charge in [-0.2, -0.15) is 5.26 Å². The van der Waals surface area contributed by atoms with Crippen molar-refractivity contribution in [2.24, 2.45) is 39.9 Å². The normalized spacial score (nSPS) is 49.5. The number of hydrogen-bond acceptors (Lipinski definition) is 2. The third-order valence-electron chi connectivity index (χ3n) is 8.75. The molecule has 24 heavy (non-hydrogen) atoms. The predicted octanol–water partition coefficient (Wildman–Crippen LogP) is 5.29. The minimum atomic E-state index is 0.218. The van der Waals surface area contributed by atoms with Crippen LogP contribution in [0.15, 0.2) is 11.6 Å². The quantitative estimate of drug-likeness (QED) is 0.607. The van der Waals surface area contributed by atoms with E-state index in [0.29, 0.717) is 23.5 Å². The first-order chi connectivity index (χ1) is 11.2. The van der Waals surface area contributed by atoms with Crippen LogP contribution in [0.2, 0.25) is 0 Å². The zero-order chi connectivity index (χ0) is 17.3. The summed E-state index contributed by atoms with van der Waals surface area (Å²) in [5.74, 6) is 2.66. The van der Waals surface area contributed by atoms with E-state index < -0.39 is 0 Å². The predicted molar refractivity (Wildman–Crippen MR) is 95.0 cm³/mol. The van der Waals surface area contributed by atoms with Gasteiger partial charge in [-0.1, -0.05) is 33.3 Å². The van der Waals surface area contributed by atoms with E-state index in [1.54, 1.807) is 0 Å². The summed E-state index contributed by atoms with van der Waals surface area (Å²) < 4.78 is 0. The Morgan fingerprint density at radius 3 is 2.54 bits per heavy atom. The Balaban J connectivity index is 1.78. The maximum Gasteiger partial charge on any atom is 0.155 e. The summed E-state index contributed by atoms with van der Waals surface area (Å²) >= 11 is 0. The van der Waals surface area contributed by atoms with E-state index in [4.69, 9.17) is 0 Å². The van der Waals surface area contributed by atoms with E-state index in [-0.39, 0.29) is 22.2 Å². The van der Waals surface area contributed by atoms with Crippen LogP contribution in [0.25, 0.3) is 0 Å². The molecule has 3 unspecified atom stereocenters. The molecule has 0 aromatic carbocycles. The van der Waals surface area contributed by atoms with Gasteiger partial charge >= 0.3 is 0 Å². The number of nitriles is 1. The van der Waals surface area contributed by atoms with Crippen molar-refractivity contribution in [2.75, 3.05) is 0 Å². The van der Waals surface area contributed by atoms with Gasteiger partial charge in [-0.25, -0.2) is 0 Å². The lowest BCUT2D eigenvalue weighted by atomic mass is 9.41. The molecular formula is C22H31NO. The number of carbonyl (C=O) groups excluding carboxylic acids is 1. The molecule has 4 rings (SSSR count). The number of ketones is 1. The molecule has 130 valence electrons. The highest BCUT2D eigenvalue weighted by molar-refractivity contribution is 5.91. The number of nitrogens with zero attached hydrogens (tertiary/aromatic N) is 1. The molecule has 0 aromatic heterocycles. The summed E-state index contributed by atoms with van der Waals surface area (Å²) in [6.07, 6.45) is 9.60. The Kier molecular flexibility index (Phi) is 3.39. The molecule has 0 saturated heterocycles. The maximum absolute atomic E-state index is 12.0. The van der Waals surface area contributed by atoms with E-state index in [9.17, 15) is 10.1 Å². The van der Waals surface area contributed by atoms with E-state index >= 15 is 0 Å². The maximum atomic E-state index is 12.0. The van der Waals surface area contributed by atoms with Gasteiger partial charge in [0.2, 0.25) is 0 Å². The van der Waals surface area contributed by atoms with Gasteiger partial charge in [0.15, 0.2) is 5.78 Å². The molecule has 3 saturated carbocycles. The van der Waals surface area contributed by atoms with Gasteiger partial charge in [0.25, 0.3) is 0 Å². The molecule has 4 aliphatic carbocycles. The smallest absolute Gasteiger partial charge is 0.155 e. The van der Waals surface area contributed by atoms with Crippen molar-refractivity contribution >= 4 is 5.78 Å². The Morgan fingerprint density at radius 2 is 1.83 bits per heavy atom. The summed E-state index contributed by atoms with van der Waals surface area (Å²) in [6.45, 7) is 9.70. The third-order valence-corrected chi connectivity index (χ3v) is 8.75. The fourth-order valence-electron chi connectivity index (χ4n) is 7.42. The molecule has 2 nitrogen and oxygen atoms in total. The van der Waals surface area contributed by atoms with Crippen LogP contribution in [0, 0.1) is 51.2 Å². The number of hydrogen-bond donors (Lipinski definition) is 0. The highest BCUT2D eigenvalue weighted by atomic mass is 16.1. The first-order valence-electron chi connectivity index (χ1n) is 9.86. The second-order valence-corrected chi connectivity index (χ2v) is 10.3. The third kappa shape index (κ3) is 1.97. The van der Waals surface area contributed by atoms with Crippen LogP contribution in [0.5, 0.6) is 0 Å². The van der Waals surface area contributed by atoms with Crippen LogP contribution in [0.3, 0.4) is 0 Å². The second kappa shape index (κ2) is 4.96. The largest absolute Gasteiger partial charge is 0.295 e. The number of allylic oxidation sites excluding steroid dienone is 1. The van der Waals surface area contributed by atoms with Gasteiger partial charge in [-0.3, -0.25) is 4.79 Å². The van der Waals surface area contributed by atoms with Gasteiger partial charge < -0.3 is 0 Å². The first-order valence-corrected chi connectivity index (χ1v) is 9.86. The topological polar surface area (TPSA) is 40.9 Å². The van der Waals surface area contributed by atoms with Crippen LogP contribution in [0.4, 0.5) is 0 Å². The molecule has 0 radical (unpaired) electrons. The van der Waals surface area contributed by atoms with Gasteiger partial charge in [0.05, 0.1) is 12.0 Å². The Morgan fingerprint density at radius 1 is 1.08 bits per heavy atom. The minimum Gasteiger partial charge on any atom is -0.295 e. The van der Waals surface area contributed by atoms with Gasteiger partial charge in [-0.15, -0.1) is 0 Å². The standard InChI is InChI=1S/C22H31NO/c1-20(2)12-15-11-16(24)7-9-22(15,4)18-8-10-21(3)14(13-23)5-6-17(21)19(18)20/h11,14,17-19H,5-10,12H2,1-4H3/t14-,17?,18?,19?,21-,22+/m1/s1. The Hall–Kier alpha value is -1.10. The van der Waals surface area contributed by atoms with Gasteiger partial charge in [0.1, 0.15) is 0 Å². The Bertz CT molecular complexity index is 653. The molecule has 2 heteroatoms. The summed E-state index contributed by atoms with van der Waals surface area (Å²) in [5, 5.41) is 9.67. The van der Waals surface area contributed by atoms with Crippen LogP contribution in [-0.4, -0.2) is 5.78 Å². The van der Waals surface area contributed by atoms with E-state index in [2.05, 4.69) is 33.8 Å². The van der Waals surface area contributed by atoms with Crippen LogP contribution in [-0.2, 0) is 4.79 Å². The van der Waals surface area contributed by atoms with Crippen molar-refractivity contribution in [3.63, 3.8) is 0 Å². The minimum absolute atomic E-state index is 0.218. The highest BCUT2D eigenvalue weighted by Crippen LogP contribution is 2.70. The average Bonchev–Trinajstić information content (AvgIpc) is 2.85. The number of rotatable bonds is 0. The zero-order valence-corrected chi connectivity index (χ0v) is 15.7. The molecule has 0 heterocycles. The second-order valence-electron chi connectivity index (χ2n) is 10.3. The number of carbonyl (C=O) groups is 1. The molecule has 0 aromatic rings. The summed E-state index contributed by atoms with van der Waals surface area (Å²) in [6, 6.07) is 2.64. The molecule has 4 aliphatic rings. The lowest BCUT2D eigenvalue weighted by molar-refractivity contribution is -0.122. The molecule has 0 spiro atoms. The lowest BCUT2D eigenvalue weighted by Crippen LogP contribution is -2.56. The molecular weight excluding hydrogens is 294 g/mol. The van der Waals surface area contributed by atoms with E-state index in [1.165, 1.54) is 24.8 Å². The summed E-state index contributed by atoms with van der Waals surface area (Å²) in [4.78, 5) is 12.0. The molecule has 0 bridgehead atoms. The van der Waals surface area contributed by atoms with E-state index in [1.807, 2.05) is 6.08 Å². The van der Waals surface area contributed by atoms with Crippen molar-refractivity contribution in [2.45, 2.75) is 72.6 Å². The van der Waals surface area contributed by atoms with Crippen molar-refractivity contribution < 1.29 is 4.79 Å². The van der Waals surface area contributed by atoms with Gasteiger partial charge in [-0.05, 0) is 78.6 Å². The zero-order valence-electron chi connectivity index (χ0n) is 15.7. The molecule has 0 aliphatic heterocycles. The van der Waals surface area contributed by atoms with E-state index in [0.717, 1.165) is 25.7 Å². The average molecular weight is 325 g/mol. The number of fused-ring (bicyclic) bond motifs is 5. The summed E-state index contributed by atoms with van der Waals surface area (Å²) in [5.41, 5.74) is 2.11. The van der Waals surface area contributed by atoms with Crippen LogP contribution >= 0.6 is 0 Å². The first kappa shape index (κ1) is 16.4. The van der Waals surface area contributed by atoms with Crippen LogP contribution in [0.1, 0.15) is 72.6 Å². The molecule has 6 atom stereocenters. The van der Waals surface area contributed by atoms with Crippen LogP contribution < -0.4 is 0 Å². The lowest BCUT2D eigenvalue weighted by Gasteiger charge is -2.63. The highest BCUT2D eigenvalue weighted by Gasteiger charge is 2.63. The fourth-order valence-corrected chi connectivity index (χ4v) is 7.42. The molecule has 0 N–H and O–H groups in total. The molecule has 3 fully saturated rings. The van der Waals surface area contributed by atoms with Crippen molar-refractivity contribution in [3.05, 3.63) is 11.6 Å².